The van der Waals surface area contributed by atoms with Gasteiger partial charge in [0.2, 0.25) is 0 Å². The van der Waals surface area contributed by atoms with Gasteiger partial charge in [-0.1, -0.05) is 6.07 Å². The number of nitrogens with one attached hydrogen (secondary N) is 1. The van der Waals surface area contributed by atoms with Crippen LogP contribution in [-0.4, -0.2) is 27.6 Å². The Morgan fingerprint density at radius 2 is 2.13 bits per heavy atom. The molecule has 2 N–H and O–H groups in total. The van der Waals surface area contributed by atoms with Crippen molar-refractivity contribution in [1.29, 1.82) is 0 Å². The number of rotatable bonds is 0. The Kier molecular flexibility index (Phi) is 2.35. The Morgan fingerprint density at radius 1 is 1.30 bits per heavy atom. The number of aliphatic hydroxyl groups is 1. The molecule has 6 heteroatoms. The summed E-state index contributed by atoms with van der Waals surface area (Å²) in [5.74, 6) is -0.274. The predicted molar refractivity (Wildman–Crippen MR) is 78.6 cm³/mol. The number of halogens is 3. The molecule has 3 aliphatic rings. The Bertz CT molecular complexity index is 866. The molecule has 0 saturated heterocycles. The van der Waals surface area contributed by atoms with Gasteiger partial charge < -0.3 is 5.11 Å². The first-order valence-electron chi connectivity index (χ1n) is 7.86. The maximum atomic E-state index is 13.7. The second-order valence-electron chi connectivity index (χ2n) is 7.11. The lowest BCUT2D eigenvalue weighted by molar-refractivity contribution is -0.111. The van der Waals surface area contributed by atoms with E-state index in [2.05, 4.69) is 10.2 Å². The molecule has 1 aromatic carbocycles. The highest BCUT2D eigenvalue weighted by Crippen LogP contribution is 2.65. The molecular weight excluding hydrogens is 305 g/mol. The molecule has 23 heavy (non-hydrogen) atoms. The SMILES string of the molecule is O[C@@H]1C(C(F)(F)F)=C2c3ccc4[nH]ncc4c3C[C@@]23CC[C@H]1C3. The standard InChI is InChI=1S/C17H15F3N2O/c18-17(19,20)14-13-9-1-2-12-11(7-21-22-12)10(9)6-16(13)4-3-8(5-16)15(14)23/h1-2,7-8,15,23H,3-6H2,(H,21,22)/t8-,15-,16-/m0/s1. The molecule has 1 aromatic heterocycles. The van der Waals surface area contributed by atoms with Crippen LogP contribution in [0.3, 0.4) is 0 Å². The van der Waals surface area contributed by atoms with Crippen molar-refractivity contribution in [3.05, 3.63) is 35.0 Å². The summed E-state index contributed by atoms with van der Waals surface area (Å²) in [5, 5.41) is 18.1. The minimum Gasteiger partial charge on any atom is -0.388 e. The van der Waals surface area contributed by atoms with Crippen LogP contribution in [0.4, 0.5) is 13.2 Å². The molecule has 120 valence electrons. The van der Waals surface area contributed by atoms with Gasteiger partial charge in [-0.2, -0.15) is 18.3 Å². The van der Waals surface area contributed by atoms with Crippen LogP contribution in [0.25, 0.3) is 16.5 Å². The van der Waals surface area contributed by atoms with Crippen LogP contribution in [-0.2, 0) is 6.42 Å². The van der Waals surface area contributed by atoms with Crippen LogP contribution in [0.2, 0.25) is 0 Å². The second kappa shape index (κ2) is 3.98. The summed E-state index contributed by atoms with van der Waals surface area (Å²) in [7, 11) is 0. The van der Waals surface area contributed by atoms with E-state index in [1.165, 1.54) is 0 Å². The van der Waals surface area contributed by atoms with Crippen molar-refractivity contribution < 1.29 is 18.3 Å². The topological polar surface area (TPSA) is 48.9 Å². The maximum absolute atomic E-state index is 13.7. The summed E-state index contributed by atoms with van der Waals surface area (Å²) in [4.78, 5) is 0. The van der Waals surface area contributed by atoms with Gasteiger partial charge in [0.05, 0.1) is 23.4 Å². The molecule has 3 atom stereocenters. The number of benzene rings is 1. The van der Waals surface area contributed by atoms with Crippen molar-refractivity contribution in [3.63, 3.8) is 0 Å². The Labute approximate surface area is 130 Å². The fourth-order valence-electron chi connectivity index (χ4n) is 5.16. The molecule has 3 nitrogen and oxygen atoms in total. The van der Waals surface area contributed by atoms with Gasteiger partial charge in [0.15, 0.2) is 0 Å². The maximum Gasteiger partial charge on any atom is 0.415 e. The summed E-state index contributed by atoms with van der Waals surface area (Å²) >= 11 is 0. The molecule has 0 radical (unpaired) electrons. The van der Waals surface area contributed by atoms with Crippen LogP contribution in [0.1, 0.15) is 30.4 Å². The van der Waals surface area contributed by atoms with Crippen molar-refractivity contribution in [2.24, 2.45) is 11.3 Å². The van der Waals surface area contributed by atoms with Crippen molar-refractivity contribution in [2.45, 2.75) is 38.0 Å². The quantitative estimate of drug-likeness (QED) is 0.779. The summed E-state index contributed by atoms with van der Waals surface area (Å²) in [6.07, 6.45) is -1.54. The summed E-state index contributed by atoms with van der Waals surface area (Å²) in [5.41, 5.74) is 1.65. The van der Waals surface area contributed by atoms with E-state index in [4.69, 9.17) is 0 Å². The van der Waals surface area contributed by atoms with Crippen molar-refractivity contribution in [1.82, 2.24) is 10.2 Å². The number of fused-ring (bicyclic) bond motifs is 5. The van der Waals surface area contributed by atoms with E-state index in [9.17, 15) is 18.3 Å². The lowest BCUT2D eigenvalue weighted by Gasteiger charge is -2.36. The summed E-state index contributed by atoms with van der Waals surface area (Å²) in [6, 6.07) is 3.55. The lowest BCUT2D eigenvalue weighted by atomic mass is 9.70. The fraction of sp³-hybridized carbons (Fsp3) is 0.471. The molecule has 2 aromatic rings. The molecule has 0 unspecified atom stereocenters. The van der Waals surface area contributed by atoms with Crippen LogP contribution < -0.4 is 0 Å². The third-order valence-corrected chi connectivity index (χ3v) is 6.01. The van der Waals surface area contributed by atoms with Crippen LogP contribution in [0.5, 0.6) is 0 Å². The van der Waals surface area contributed by atoms with Crippen LogP contribution >= 0.6 is 0 Å². The third kappa shape index (κ3) is 1.57. The van der Waals surface area contributed by atoms with Gasteiger partial charge in [0, 0.05) is 10.8 Å². The highest BCUT2D eigenvalue weighted by Gasteiger charge is 2.59. The van der Waals surface area contributed by atoms with E-state index < -0.39 is 23.3 Å². The molecule has 2 bridgehead atoms. The van der Waals surface area contributed by atoms with E-state index >= 15 is 0 Å². The molecule has 1 saturated carbocycles. The largest absolute Gasteiger partial charge is 0.415 e. The smallest absolute Gasteiger partial charge is 0.388 e. The zero-order valence-electron chi connectivity index (χ0n) is 12.2. The predicted octanol–water partition coefficient (Wildman–Crippen LogP) is 3.60. The van der Waals surface area contributed by atoms with E-state index in [0.717, 1.165) is 22.9 Å². The Morgan fingerprint density at radius 3 is 2.91 bits per heavy atom. The summed E-state index contributed by atoms with van der Waals surface area (Å²) < 4.78 is 41.1. The zero-order valence-corrected chi connectivity index (χ0v) is 12.2. The number of nitrogens with zero attached hydrogens (tertiary/aromatic N) is 1. The number of alkyl halides is 3. The molecule has 1 heterocycles. The van der Waals surface area contributed by atoms with Crippen LogP contribution in [0, 0.1) is 11.3 Å². The van der Waals surface area contributed by atoms with Gasteiger partial charge in [0.25, 0.3) is 0 Å². The normalized spacial score (nSPS) is 32.5. The molecule has 3 aliphatic carbocycles. The molecule has 1 fully saturated rings. The average molecular weight is 320 g/mol. The zero-order chi connectivity index (χ0) is 16.0. The molecule has 1 spiro atoms. The first-order chi connectivity index (χ1) is 10.9. The molecule has 5 rings (SSSR count). The van der Waals surface area contributed by atoms with Gasteiger partial charge >= 0.3 is 6.18 Å². The van der Waals surface area contributed by atoms with Gasteiger partial charge in [-0.15, -0.1) is 0 Å². The minimum absolute atomic E-state index is 0.274. The number of H-pyrrole nitrogens is 1. The highest BCUT2D eigenvalue weighted by atomic mass is 19.4. The van der Waals surface area contributed by atoms with E-state index in [0.29, 0.717) is 30.4 Å². The van der Waals surface area contributed by atoms with Crippen molar-refractivity contribution in [2.75, 3.05) is 0 Å². The van der Waals surface area contributed by atoms with Crippen molar-refractivity contribution in [3.8, 4) is 0 Å². The number of aromatic nitrogens is 2. The van der Waals surface area contributed by atoms with Crippen molar-refractivity contribution >= 4 is 16.5 Å². The minimum atomic E-state index is -4.49. The number of hydrogen-bond acceptors (Lipinski definition) is 2. The number of aliphatic hydroxyl groups excluding tert-OH is 1. The highest BCUT2D eigenvalue weighted by molar-refractivity contribution is 5.93. The number of hydrogen-bond donors (Lipinski definition) is 2. The summed E-state index contributed by atoms with van der Waals surface area (Å²) in [6.45, 7) is 0. The Hall–Kier alpha value is -1.82. The lowest BCUT2D eigenvalue weighted by Crippen LogP contribution is -2.37. The fourth-order valence-corrected chi connectivity index (χ4v) is 5.16. The first-order valence-corrected chi connectivity index (χ1v) is 7.86. The van der Waals surface area contributed by atoms with Crippen LogP contribution in [0.15, 0.2) is 23.9 Å². The monoisotopic (exact) mass is 320 g/mol. The second-order valence-corrected chi connectivity index (χ2v) is 7.11. The van der Waals surface area contributed by atoms with Gasteiger partial charge in [-0.3, -0.25) is 5.10 Å². The van der Waals surface area contributed by atoms with Gasteiger partial charge in [0.1, 0.15) is 0 Å². The van der Waals surface area contributed by atoms with E-state index in [1.807, 2.05) is 0 Å². The average Bonchev–Trinajstić information content (AvgIpc) is 3.15. The van der Waals surface area contributed by atoms with Gasteiger partial charge in [-0.05, 0) is 54.4 Å². The van der Waals surface area contributed by atoms with E-state index in [-0.39, 0.29) is 5.92 Å². The first kappa shape index (κ1) is 13.6. The van der Waals surface area contributed by atoms with E-state index in [1.54, 1.807) is 18.3 Å². The number of aromatic amines is 1. The molecule has 0 amide bonds. The Balaban J connectivity index is 1.87. The molecular formula is C17H15F3N2O. The number of allylic oxidation sites excluding steroid dienone is 1. The third-order valence-electron chi connectivity index (χ3n) is 6.01. The van der Waals surface area contributed by atoms with Gasteiger partial charge in [-0.25, -0.2) is 0 Å². The molecule has 0 aliphatic heterocycles.